The molecule has 2 fully saturated rings. The van der Waals surface area contributed by atoms with Crippen LogP contribution in [-0.4, -0.2) is 84.7 Å². The second-order valence-corrected chi connectivity index (χ2v) is 13.9. The van der Waals surface area contributed by atoms with Crippen LogP contribution in [0.2, 0.25) is 0 Å². The second kappa shape index (κ2) is 13.2. The molecular formula is C30H26Cl2N6O7S2. The highest BCUT2D eigenvalue weighted by atomic mass is 35.5. The summed E-state index contributed by atoms with van der Waals surface area (Å²) in [5, 5.41) is 16.2. The fraction of sp³-hybridized carbons (Fsp3) is 0.267. The molecule has 0 spiro atoms. The predicted octanol–water partition coefficient (Wildman–Crippen LogP) is 1.33. The Morgan fingerprint density at radius 2 is 1.23 bits per heavy atom. The Hall–Kier alpha value is -4.02. The topological polar surface area (TPSA) is 191 Å². The first-order valence-electron chi connectivity index (χ1n) is 14.2. The highest BCUT2D eigenvalue weighted by molar-refractivity contribution is 8.00. The van der Waals surface area contributed by atoms with Crippen molar-refractivity contribution < 1.29 is 33.9 Å². The second-order valence-electron chi connectivity index (χ2n) is 10.8. The quantitative estimate of drug-likeness (QED) is 0.237. The van der Waals surface area contributed by atoms with Crippen LogP contribution < -0.4 is 21.7 Å². The van der Waals surface area contributed by atoms with Gasteiger partial charge in [-0.2, -0.15) is 0 Å². The van der Waals surface area contributed by atoms with Gasteiger partial charge in [-0.15, -0.1) is 23.5 Å². The summed E-state index contributed by atoms with van der Waals surface area (Å²) in [6.45, 7) is 0. The number of carboxylic acids is 1. The maximum absolute atomic E-state index is 13.8. The van der Waals surface area contributed by atoms with E-state index in [2.05, 4.69) is 16.0 Å². The predicted molar refractivity (Wildman–Crippen MR) is 174 cm³/mol. The summed E-state index contributed by atoms with van der Waals surface area (Å²) >= 11 is 15.0. The fourth-order valence-corrected chi connectivity index (χ4v) is 8.72. The van der Waals surface area contributed by atoms with Gasteiger partial charge in [0.05, 0.1) is 10.1 Å². The van der Waals surface area contributed by atoms with Crippen LogP contribution >= 0.6 is 46.7 Å². The van der Waals surface area contributed by atoms with E-state index in [1.54, 1.807) is 60.7 Å². The summed E-state index contributed by atoms with van der Waals surface area (Å²) in [5.41, 5.74) is 6.55. The molecular weight excluding hydrogens is 691 g/mol. The van der Waals surface area contributed by atoms with Gasteiger partial charge >= 0.3 is 5.97 Å². The van der Waals surface area contributed by atoms with Gasteiger partial charge in [0.1, 0.15) is 46.3 Å². The smallest absolute Gasteiger partial charge is 0.353 e. The molecule has 2 saturated heterocycles. The molecule has 244 valence electrons. The zero-order valence-corrected chi connectivity index (χ0v) is 27.2. The molecule has 4 aliphatic rings. The van der Waals surface area contributed by atoms with Gasteiger partial charge in [0.15, 0.2) is 0 Å². The maximum Gasteiger partial charge on any atom is 0.353 e. The number of thioether (sulfide) groups is 2. The van der Waals surface area contributed by atoms with Crippen molar-refractivity contribution in [2.75, 3.05) is 11.5 Å². The summed E-state index contributed by atoms with van der Waals surface area (Å²) in [6.07, 6.45) is 0. The van der Waals surface area contributed by atoms with Gasteiger partial charge in [-0.3, -0.25) is 33.8 Å². The Bertz CT molecular complexity index is 1740. The van der Waals surface area contributed by atoms with E-state index in [0.29, 0.717) is 11.1 Å². The first-order valence-corrected chi connectivity index (χ1v) is 17.0. The minimum atomic E-state index is -1.36. The number of carbonyl (C=O) groups excluding carboxylic acids is 5. The largest absolute Gasteiger partial charge is 0.477 e. The highest BCUT2D eigenvalue weighted by Gasteiger charge is 2.56. The van der Waals surface area contributed by atoms with E-state index in [-0.39, 0.29) is 33.0 Å². The van der Waals surface area contributed by atoms with Crippen LogP contribution in [0.25, 0.3) is 0 Å². The minimum absolute atomic E-state index is 0.0155. The van der Waals surface area contributed by atoms with Gasteiger partial charge in [0.2, 0.25) is 11.8 Å². The number of carbonyl (C=O) groups is 6. The molecule has 0 aromatic heterocycles. The number of carboxylic acid groups (broad SMARTS) is 1. The Morgan fingerprint density at radius 3 is 1.77 bits per heavy atom. The van der Waals surface area contributed by atoms with E-state index < -0.39 is 70.4 Å². The number of hydrogen-bond donors (Lipinski definition) is 5. The van der Waals surface area contributed by atoms with Crippen molar-refractivity contribution in [3.8, 4) is 0 Å². The number of benzene rings is 2. The lowest BCUT2D eigenvalue weighted by molar-refractivity contribution is -0.151. The molecule has 6 N–H and O–H groups in total. The summed E-state index contributed by atoms with van der Waals surface area (Å²) in [6, 6.07) is 12.6. The molecule has 6 rings (SSSR count). The highest BCUT2D eigenvalue weighted by Crippen LogP contribution is 2.43. The number of nitrogens with zero attached hydrogens (tertiary/aromatic N) is 2. The number of β-lactam (4-membered cyclic amide) rings is 2. The average molecular weight is 718 g/mol. The van der Waals surface area contributed by atoms with Gasteiger partial charge in [-0.25, -0.2) is 4.79 Å². The number of amides is 5. The number of nitrogens with two attached hydrogens (primary N) is 1. The van der Waals surface area contributed by atoms with E-state index in [4.69, 9.17) is 28.9 Å². The third-order valence-electron chi connectivity index (χ3n) is 7.97. The molecule has 4 aliphatic heterocycles. The Kier molecular flexibility index (Phi) is 9.27. The van der Waals surface area contributed by atoms with Crippen LogP contribution in [0.3, 0.4) is 0 Å². The lowest BCUT2D eigenvalue weighted by Gasteiger charge is -2.49. The molecule has 0 bridgehead atoms. The first kappa shape index (κ1) is 32.9. The van der Waals surface area contributed by atoms with E-state index >= 15 is 0 Å². The van der Waals surface area contributed by atoms with Gasteiger partial charge < -0.3 is 26.8 Å². The van der Waals surface area contributed by atoms with Crippen LogP contribution in [0.15, 0.2) is 82.1 Å². The lowest BCUT2D eigenvalue weighted by atomic mass is 10.0. The molecule has 47 heavy (non-hydrogen) atoms. The average Bonchev–Trinajstić information content (AvgIpc) is 3.08. The van der Waals surface area contributed by atoms with Crippen LogP contribution in [0.4, 0.5) is 0 Å². The molecule has 2 aromatic rings. The first-order chi connectivity index (χ1) is 22.5. The lowest BCUT2D eigenvalue weighted by Crippen LogP contribution is -2.71. The third-order valence-corrected chi connectivity index (χ3v) is 11.5. The molecule has 0 aliphatic carbocycles. The Balaban J connectivity index is 1.17. The molecule has 4 heterocycles. The molecule has 6 atom stereocenters. The molecule has 2 aromatic carbocycles. The standard InChI is InChI=1S/C30H26Cl2N6O7S2/c31-15-11-46-28-19(35-23(39)17(33)13-7-3-1-4-8-13)26(42)37(28)21(15)25(41)34-18(14-9-5-2-6-10-14)24(40)36-20-27(43)38-22(30(44)45)16(32)12-47-29(20)38/h1-10,17-20,28-29H,11-12,33H2,(H,34,41)(H,35,39)(H,36,40)(H,44,45). The Labute approximate surface area is 286 Å². The van der Waals surface area contributed by atoms with Crippen LogP contribution in [0, 0.1) is 0 Å². The number of hydrogen-bond acceptors (Lipinski definition) is 9. The number of nitrogens with one attached hydrogen (secondary N) is 3. The minimum Gasteiger partial charge on any atom is -0.477 e. The number of aliphatic carboxylic acids is 1. The molecule has 6 unspecified atom stereocenters. The van der Waals surface area contributed by atoms with Gasteiger partial charge in [-0.1, -0.05) is 83.9 Å². The normalized spacial score (nSPS) is 24.7. The molecule has 5 amide bonds. The number of halogens is 2. The molecule has 13 nitrogen and oxygen atoms in total. The maximum atomic E-state index is 13.8. The summed E-state index contributed by atoms with van der Waals surface area (Å²) in [4.78, 5) is 80.5. The van der Waals surface area contributed by atoms with Crippen molar-refractivity contribution in [2.24, 2.45) is 5.73 Å². The van der Waals surface area contributed by atoms with E-state index in [9.17, 15) is 33.9 Å². The van der Waals surface area contributed by atoms with Crippen LogP contribution in [-0.2, 0) is 28.8 Å². The Morgan fingerprint density at radius 1 is 0.766 bits per heavy atom. The van der Waals surface area contributed by atoms with Crippen molar-refractivity contribution in [2.45, 2.75) is 34.9 Å². The zero-order chi connectivity index (χ0) is 33.6. The SMILES string of the molecule is NC(C(=O)NC1C(=O)N2C(C(=O)NC(C(=O)NC3C(=O)N4C(C(=O)O)=C(Cl)CSC34)c3ccccc3)=C(Cl)CSC12)c1ccccc1. The summed E-state index contributed by atoms with van der Waals surface area (Å²) < 4.78 is 0. The van der Waals surface area contributed by atoms with Crippen molar-refractivity contribution in [3.05, 3.63) is 93.2 Å². The van der Waals surface area contributed by atoms with Crippen LogP contribution in [0.1, 0.15) is 23.2 Å². The summed E-state index contributed by atoms with van der Waals surface area (Å²) in [5.74, 6) is -4.42. The third kappa shape index (κ3) is 5.97. The fourth-order valence-electron chi connectivity index (χ4n) is 5.61. The molecule has 17 heteroatoms. The van der Waals surface area contributed by atoms with Crippen molar-refractivity contribution in [1.82, 2.24) is 25.8 Å². The van der Waals surface area contributed by atoms with E-state index in [1.807, 2.05) is 0 Å². The summed E-state index contributed by atoms with van der Waals surface area (Å²) in [7, 11) is 0. The monoisotopic (exact) mass is 716 g/mol. The van der Waals surface area contributed by atoms with Gasteiger partial charge in [0, 0.05) is 11.5 Å². The van der Waals surface area contributed by atoms with E-state index in [1.165, 1.54) is 28.4 Å². The van der Waals surface area contributed by atoms with Crippen molar-refractivity contribution in [1.29, 1.82) is 0 Å². The zero-order valence-electron chi connectivity index (χ0n) is 24.1. The number of fused-ring (bicyclic) bond motifs is 2. The van der Waals surface area contributed by atoms with Crippen molar-refractivity contribution >= 4 is 82.2 Å². The van der Waals surface area contributed by atoms with Gasteiger partial charge in [-0.05, 0) is 11.1 Å². The van der Waals surface area contributed by atoms with E-state index in [0.717, 1.165) is 4.90 Å². The molecule has 0 saturated carbocycles. The number of rotatable bonds is 9. The van der Waals surface area contributed by atoms with Crippen molar-refractivity contribution in [3.63, 3.8) is 0 Å². The van der Waals surface area contributed by atoms with Gasteiger partial charge in [0.25, 0.3) is 17.7 Å². The van der Waals surface area contributed by atoms with Crippen LogP contribution in [0.5, 0.6) is 0 Å². The molecule has 0 radical (unpaired) electrons.